The second-order valence-electron chi connectivity index (χ2n) is 6.44. The zero-order chi connectivity index (χ0) is 15.8. The summed E-state index contributed by atoms with van der Waals surface area (Å²) in [6.45, 7) is 0. The highest BCUT2D eigenvalue weighted by Crippen LogP contribution is 2.50. The van der Waals surface area contributed by atoms with Gasteiger partial charge in [0.2, 0.25) is 0 Å². The Hall–Kier alpha value is -2.58. The second kappa shape index (κ2) is 4.28. The normalized spacial score (nSPS) is 12.4. The highest BCUT2D eigenvalue weighted by Gasteiger charge is 2.23. The van der Waals surface area contributed by atoms with Crippen molar-refractivity contribution in [2.45, 2.75) is 0 Å². The molecule has 1 N–H and O–H groups in total. The summed E-state index contributed by atoms with van der Waals surface area (Å²) in [5.74, 6) is 0. The van der Waals surface area contributed by atoms with E-state index in [9.17, 15) is 0 Å². The maximum absolute atomic E-state index is 3.62. The monoisotopic (exact) mass is 369 g/mol. The fourth-order valence-electron chi connectivity index (χ4n) is 4.24. The van der Waals surface area contributed by atoms with E-state index in [0.717, 1.165) is 4.47 Å². The molecule has 6 rings (SSSR count). The zero-order valence-corrected chi connectivity index (χ0v) is 14.3. The number of nitrogens with one attached hydrogen (secondary N) is 1. The molecule has 1 aliphatic rings. The van der Waals surface area contributed by atoms with Crippen LogP contribution in [0.2, 0.25) is 0 Å². The molecule has 2 heteroatoms. The first-order valence-electron chi connectivity index (χ1n) is 8.08. The van der Waals surface area contributed by atoms with Gasteiger partial charge in [-0.1, -0.05) is 58.4 Å². The Labute approximate surface area is 147 Å². The third-order valence-electron chi connectivity index (χ3n) is 5.19. The molecule has 0 spiro atoms. The molecular weight excluding hydrogens is 358 g/mol. The first-order chi connectivity index (χ1) is 11.8. The van der Waals surface area contributed by atoms with E-state index in [0.29, 0.717) is 0 Å². The van der Waals surface area contributed by atoms with Crippen LogP contribution in [-0.4, -0.2) is 4.98 Å². The van der Waals surface area contributed by atoms with Gasteiger partial charge in [0, 0.05) is 26.3 Å². The molecule has 0 atom stereocenters. The Morgan fingerprint density at radius 1 is 0.583 bits per heavy atom. The number of aromatic amines is 1. The van der Waals surface area contributed by atoms with E-state index in [1.165, 1.54) is 54.8 Å². The van der Waals surface area contributed by atoms with Gasteiger partial charge in [0.1, 0.15) is 0 Å². The molecule has 0 radical (unpaired) electrons. The molecule has 5 aromatic rings. The van der Waals surface area contributed by atoms with Crippen molar-refractivity contribution in [3.8, 4) is 22.3 Å². The molecule has 0 fully saturated rings. The van der Waals surface area contributed by atoms with E-state index in [2.05, 4.69) is 87.6 Å². The van der Waals surface area contributed by atoms with Gasteiger partial charge in [0.25, 0.3) is 0 Å². The molecule has 0 saturated heterocycles. The molecule has 0 bridgehead atoms. The highest BCUT2D eigenvalue weighted by molar-refractivity contribution is 9.10. The molecular formula is C22H12BrN. The summed E-state index contributed by atoms with van der Waals surface area (Å²) in [7, 11) is 0. The van der Waals surface area contributed by atoms with Gasteiger partial charge in [-0.3, -0.25) is 0 Å². The minimum absolute atomic E-state index is 1.11. The fourth-order valence-corrected chi connectivity index (χ4v) is 4.60. The molecule has 1 aliphatic carbocycles. The van der Waals surface area contributed by atoms with Gasteiger partial charge in [-0.15, -0.1) is 0 Å². The maximum Gasteiger partial charge on any atom is 0.0477 e. The molecule has 1 nitrogen and oxygen atoms in total. The summed E-state index contributed by atoms with van der Waals surface area (Å²) in [5, 5.41) is 5.31. The Morgan fingerprint density at radius 3 is 2.25 bits per heavy atom. The molecule has 112 valence electrons. The van der Waals surface area contributed by atoms with Crippen LogP contribution in [0.1, 0.15) is 0 Å². The lowest BCUT2D eigenvalue weighted by Crippen LogP contribution is -1.78. The molecule has 0 unspecified atom stereocenters. The number of rotatable bonds is 0. The number of halogens is 1. The van der Waals surface area contributed by atoms with Gasteiger partial charge in [0.05, 0.1) is 0 Å². The van der Waals surface area contributed by atoms with Crippen LogP contribution >= 0.6 is 15.9 Å². The number of aromatic nitrogens is 1. The van der Waals surface area contributed by atoms with Crippen LogP contribution in [0.25, 0.3) is 54.8 Å². The molecule has 0 saturated carbocycles. The van der Waals surface area contributed by atoms with E-state index in [1.54, 1.807) is 0 Å². The molecule has 1 heterocycles. The summed E-state index contributed by atoms with van der Waals surface area (Å²) in [4.78, 5) is 3.61. The van der Waals surface area contributed by atoms with Crippen LogP contribution in [-0.2, 0) is 0 Å². The van der Waals surface area contributed by atoms with Crippen molar-refractivity contribution < 1.29 is 0 Å². The lowest BCUT2D eigenvalue weighted by atomic mass is 9.98. The van der Waals surface area contributed by atoms with Crippen molar-refractivity contribution in [1.29, 1.82) is 0 Å². The minimum atomic E-state index is 1.11. The first-order valence-corrected chi connectivity index (χ1v) is 8.87. The van der Waals surface area contributed by atoms with Gasteiger partial charge in [-0.25, -0.2) is 0 Å². The average Bonchev–Trinajstić information content (AvgIpc) is 3.13. The van der Waals surface area contributed by atoms with E-state index in [4.69, 9.17) is 0 Å². The van der Waals surface area contributed by atoms with Crippen molar-refractivity contribution in [2.24, 2.45) is 0 Å². The molecule has 0 aliphatic heterocycles. The number of fused-ring (bicyclic) bond motifs is 7. The summed E-state index contributed by atoms with van der Waals surface area (Å²) in [5.41, 5.74) is 7.77. The van der Waals surface area contributed by atoms with E-state index < -0.39 is 0 Å². The Balaban J connectivity index is 1.92. The standard InChI is InChI=1S/C22H12BrN/c23-12-8-9-19-18(10-12)22-16-7-3-6-15-13-4-1-2-5-14(13)17(21(15)16)11-20(22)24-19/h1-11,24H. The van der Waals surface area contributed by atoms with Crippen molar-refractivity contribution in [1.82, 2.24) is 4.98 Å². The lowest BCUT2D eigenvalue weighted by Gasteiger charge is -2.05. The van der Waals surface area contributed by atoms with E-state index >= 15 is 0 Å². The number of H-pyrrole nitrogens is 1. The Bertz CT molecular complexity index is 1310. The predicted molar refractivity (Wildman–Crippen MR) is 105 cm³/mol. The van der Waals surface area contributed by atoms with E-state index in [-0.39, 0.29) is 0 Å². The maximum atomic E-state index is 3.62. The van der Waals surface area contributed by atoms with E-state index in [1.807, 2.05) is 0 Å². The molecule has 1 aromatic heterocycles. The van der Waals surface area contributed by atoms with Gasteiger partial charge in [0.15, 0.2) is 0 Å². The minimum Gasteiger partial charge on any atom is -0.354 e. The fraction of sp³-hybridized carbons (Fsp3) is 0. The topological polar surface area (TPSA) is 15.8 Å². The molecule has 4 aromatic carbocycles. The highest BCUT2D eigenvalue weighted by atomic mass is 79.9. The smallest absolute Gasteiger partial charge is 0.0477 e. The van der Waals surface area contributed by atoms with Crippen LogP contribution in [0.15, 0.2) is 71.2 Å². The van der Waals surface area contributed by atoms with Crippen LogP contribution < -0.4 is 0 Å². The van der Waals surface area contributed by atoms with Crippen molar-refractivity contribution >= 4 is 48.5 Å². The first kappa shape index (κ1) is 12.8. The number of hydrogen-bond donors (Lipinski definition) is 1. The largest absolute Gasteiger partial charge is 0.354 e. The Morgan fingerprint density at radius 2 is 1.38 bits per heavy atom. The van der Waals surface area contributed by atoms with Gasteiger partial charge in [-0.2, -0.15) is 0 Å². The third-order valence-corrected chi connectivity index (χ3v) is 5.68. The predicted octanol–water partition coefficient (Wildman–Crippen LogP) is 6.88. The van der Waals surface area contributed by atoms with Crippen LogP contribution in [0.4, 0.5) is 0 Å². The molecule has 0 amide bonds. The number of benzene rings is 4. The van der Waals surface area contributed by atoms with Gasteiger partial charge >= 0.3 is 0 Å². The van der Waals surface area contributed by atoms with Crippen LogP contribution in [0, 0.1) is 0 Å². The Kier molecular flexibility index (Phi) is 2.28. The van der Waals surface area contributed by atoms with Crippen molar-refractivity contribution in [3.05, 3.63) is 71.2 Å². The third kappa shape index (κ3) is 1.45. The van der Waals surface area contributed by atoms with Crippen LogP contribution in [0.5, 0.6) is 0 Å². The second-order valence-corrected chi connectivity index (χ2v) is 7.35. The summed E-state index contributed by atoms with van der Waals surface area (Å²) >= 11 is 3.62. The molecule has 24 heavy (non-hydrogen) atoms. The SMILES string of the molecule is Brc1ccc2[nH]c3cc4c5c(cccc5c3c2c1)-c1ccccc1-4. The number of hydrogen-bond acceptors (Lipinski definition) is 0. The van der Waals surface area contributed by atoms with Crippen molar-refractivity contribution in [2.75, 3.05) is 0 Å². The summed E-state index contributed by atoms with van der Waals surface area (Å²) < 4.78 is 1.11. The average molecular weight is 370 g/mol. The summed E-state index contributed by atoms with van der Waals surface area (Å²) in [6.07, 6.45) is 0. The quantitative estimate of drug-likeness (QED) is 0.300. The zero-order valence-electron chi connectivity index (χ0n) is 12.7. The van der Waals surface area contributed by atoms with Crippen molar-refractivity contribution in [3.63, 3.8) is 0 Å². The van der Waals surface area contributed by atoms with Crippen LogP contribution in [0.3, 0.4) is 0 Å². The van der Waals surface area contributed by atoms with Gasteiger partial charge in [-0.05, 0) is 57.3 Å². The lowest BCUT2D eigenvalue weighted by molar-refractivity contribution is 1.55. The van der Waals surface area contributed by atoms with Gasteiger partial charge < -0.3 is 4.98 Å². The summed E-state index contributed by atoms with van der Waals surface area (Å²) in [6, 6.07) is 24.2.